The van der Waals surface area contributed by atoms with E-state index in [0.717, 1.165) is 17.5 Å². The van der Waals surface area contributed by atoms with E-state index in [1.54, 1.807) is 24.3 Å². The van der Waals surface area contributed by atoms with E-state index < -0.39 is 17.3 Å². The molecule has 0 aliphatic heterocycles. The number of nitrogens with zero attached hydrogens (tertiary/aromatic N) is 2. The molecule has 0 unspecified atom stereocenters. The van der Waals surface area contributed by atoms with Gasteiger partial charge in [-0.2, -0.15) is 9.78 Å². The fraction of sp³-hybridized carbons (Fsp3) is 0.143. The monoisotopic (exact) mass is 392 g/mol. The van der Waals surface area contributed by atoms with Crippen LogP contribution in [0.3, 0.4) is 0 Å². The Morgan fingerprint density at radius 3 is 2.41 bits per heavy atom. The van der Waals surface area contributed by atoms with Crippen LogP contribution in [0.25, 0.3) is 5.69 Å². The van der Waals surface area contributed by atoms with Crippen molar-refractivity contribution in [2.75, 3.05) is 5.32 Å². The molecule has 1 saturated carbocycles. The Bertz CT molecular complexity index is 1140. The molecule has 4 rings (SSSR count). The first-order valence-electron chi connectivity index (χ1n) is 9.09. The van der Waals surface area contributed by atoms with Crippen LogP contribution in [0.2, 0.25) is 0 Å². The highest BCUT2D eigenvalue weighted by atomic mass is 19.1. The molecule has 29 heavy (non-hydrogen) atoms. The number of rotatable bonds is 5. The van der Waals surface area contributed by atoms with Crippen LogP contribution < -0.4 is 16.2 Å². The van der Waals surface area contributed by atoms with Crippen molar-refractivity contribution in [3.05, 3.63) is 88.1 Å². The van der Waals surface area contributed by atoms with E-state index in [4.69, 9.17) is 0 Å². The number of para-hydroxylation sites is 1. The number of halogens is 1. The van der Waals surface area contributed by atoms with Crippen LogP contribution in [-0.2, 0) is 0 Å². The van der Waals surface area contributed by atoms with Gasteiger partial charge in [0.1, 0.15) is 11.5 Å². The normalized spacial score (nSPS) is 13.0. The Kier molecular flexibility index (Phi) is 4.90. The largest absolute Gasteiger partial charge is 0.349 e. The van der Waals surface area contributed by atoms with E-state index in [2.05, 4.69) is 15.7 Å². The molecule has 1 heterocycles. The third-order valence-electron chi connectivity index (χ3n) is 4.44. The van der Waals surface area contributed by atoms with Crippen LogP contribution in [0, 0.1) is 5.82 Å². The second-order valence-corrected chi connectivity index (χ2v) is 6.69. The van der Waals surface area contributed by atoms with Gasteiger partial charge in [-0.1, -0.05) is 12.1 Å². The molecule has 1 aromatic heterocycles. The first kappa shape index (κ1) is 18.5. The van der Waals surface area contributed by atoms with Crippen molar-refractivity contribution in [1.29, 1.82) is 0 Å². The molecule has 7 nitrogen and oxygen atoms in total. The number of anilines is 1. The predicted octanol–water partition coefficient (Wildman–Crippen LogP) is 2.52. The lowest BCUT2D eigenvalue weighted by molar-refractivity contribution is 0.0952. The number of amides is 2. The fourth-order valence-electron chi connectivity index (χ4n) is 2.77. The summed E-state index contributed by atoms with van der Waals surface area (Å²) in [7, 11) is 0. The Balaban J connectivity index is 1.59. The number of benzene rings is 2. The maximum Gasteiger partial charge on any atom is 0.276 e. The minimum absolute atomic E-state index is 0.0219. The Hall–Kier alpha value is -3.81. The topological polar surface area (TPSA) is 93.1 Å². The Labute approximate surface area is 165 Å². The van der Waals surface area contributed by atoms with Gasteiger partial charge in [0.05, 0.1) is 16.9 Å². The predicted molar refractivity (Wildman–Crippen MR) is 105 cm³/mol. The summed E-state index contributed by atoms with van der Waals surface area (Å²) in [5.74, 6) is -1.28. The van der Waals surface area contributed by atoms with Crippen LogP contribution >= 0.6 is 0 Å². The molecule has 1 aliphatic rings. The lowest BCUT2D eigenvalue weighted by Crippen LogP contribution is -2.28. The van der Waals surface area contributed by atoms with Crippen molar-refractivity contribution in [2.45, 2.75) is 18.9 Å². The van der Waals surface area contributed by atoms with Gasteiger partial charge >= 0.3 is 0 Å². The summed E-state index contributed by atoms with van der Waals surface area (Å²) < 4.78 is 14.1. The summed E-state index contributed by atoms with van der Waals surface area (Å²) in [6, 6.07) is 14.5. The maximum atomic E-state index is 13.1. The van der Waals surface area contributed by atoms with Crippen molar-refractivity contribution in [3.63, 3.8) is 0 Å². The highest BCUT2D eigenvalue weighted by Gasteiger charge is 2.25. The summed E-state index contributed by atoms with van der Waals surface area (Å²) >= 11 is 0. The molecular formula is C21H17FN4O3. The second-order valence-electron chi connectivity index (χ2n) is 6.69. The van der Waals surface area contributed by atoms with Crippen molar-refractivity contribution in [1.82, 2.24) is 15.1 Å². The number of hydrogen-bond acceptors (Lipinski definition) is 4. The van der Waals surface area contributed by atoms with Gasteiger partial charge in [0.15, 0.2) is 0 Å². The number of carbonyl (C=O) groups excluding carboxylic acids is 2. The number of nitrogens with one attached hydrogen (secondary N) is 2. The minimum Gasteiger partial charge on any atom is -0.349 e. The average molecular weight is 392 g/mol. The van der Waals surface area contributed by atoms with Gasteiger partial charge in [0.2, 0.25) is 0 Å². The Morgan fingerprint density at radius 1 is 0.966 bits per heavy atom. The van der Waals surface area contributed by atoms with Crippen molar-refractivity contribution in [3.8, 4) is 5.69 Å². The molecule has 146 valence electrons. The molecule has 1 aliphatic carbocycles. The summed E-state index contributed by atoms with van der Waals surface area (Å²) in [6.07, 6.45) is 1.91. The van der Waals surface area contributed by atoms with E-state index in [1.807, 2.05) is 0 Å². The molecule has 8 heteroatoms. The molecule has 0 spiro atoms. The summed E-state index contributed by atoms with van der Waals surface area (Å²) in [5.41, 5.74) is 0.538. The van der Waals surface area contributed by atoms with Gasteiger partial charge in [0.25, 0.3) is 17.4 Å². The molecule has 0 bridgehead atoms. The van der Waals surface area contributed by atoms with Gasteiger partial charge in [-0.15, -0.1) is 0 Å². The lowest BCUT2D eigenvalue weighted by Gasteiger charge is -2.11. The average Bonchev–Trinajstić information content (AvgIpc) is 3.53. The molecule has 1 fully saturated rings. The van der Waals surface area contributed by atoms with Gasteiger partial charge in [0, 0.05) is 12.1 Å². The number of carbonyl (C=O) groups is 2. The van der Waals surface area contributed by atoms with Crippen molar-refractivity contribution in [2.24, 2.45) is 0 Å². The van der Waals surface area contributed by atoms with Crippen LogP contribution in [0.5, 0.6) is 0 Å². The molecule has 0 atom stereocenters. The molecule has 2 N–H and O–H groups in total. The Morgan fingerprint density at radius 2 is 1.69 bits per heavy atom. The zero-order valence-corrected chi connectivity index (χ0v) is 15.3. The lowest BCUT2D eigenvalue weighted by atomic mass is 10.1. The zero-order valence-electron chi connectivity index (χ0n) is 15.3. The first-order valence-corrected chi connectivity index (χ1v) is 9.09. The molecule has 0 radical (unpaired) electrons. The minimum atomic E-state index is -0.576. The third-order valence-corrected chi connectivity index (χ3v) is 4.44. The molecule has 0 saturated heterocycles. The third kappa shape index (κ3) is 4.21. The highest BCUT2D eigenvalue weighted by Crippen LogP contribution is 2.22. The summed E-state index contributed by atoms with van der Waals surface area (Å²) in [6.45, 7) is 0. The van der Waals surface area contributed by atoms with Crippen LogP contribution in [0.4, 0.5) is 10.1 Å². The maximum absolute atomic E-state index is 13.1. The summed E-state index contributed by atoms with van der Waals surface area (Å²) in [5, 5.41) is 9.63. The first-order chi connectivity index (χ1) is 14.0. The second kappa shape index (κ2) is 7.67. The number of aromatic nitrogens is 2. The zero-order chi connectivity index (χ0) is 20.4. The van der Waals surface area contributed by atoms with Crippen LogP contribution in [0.1, 0.15) is 33.7 Å². The molecule has 3 aromatic rings. The van der Waals surface area contributed by atoms with Gasteiger partial charge in [-0.05, 0) is 55.3 Å². The van der Waals surface area contributed by atoms with Gasteiger partial charge in [-0.3, -0.25) is 14.4 Å². The summed E-state index contributed by atoms with van der Waals surface area (Å²) in [4.78, 5) is 37.2. The molecular weight excluding hydrogens is 375 g/mol. The van der Waals surface area contributed by atoms with Gasteiger partial charge < -0.3 is 10.6 Å². The van der Waals surface area contributed by atoms with E-state index in [-0.39, 0.29) is 17.6 Å². The van der Waals surface area contributed by atoms with Crippen LogP contribution in [0.15, 0.2) is 65.5 Å². The standard InChI is InChI=1S/C21H17FN4O3/c22-13-5-9-15(10-6-13)26-19(27)12-11-18(25-26)21(29)24-17-4-2-1-3-16(17)20(28)23-14-7-8-14/h1-6,9-12,14H,7-8H2,(H,23,28)(H,24,29). The van der Waals surface area contributed by atoms with Crippen LogP contribution in [-0.4, -0.2) is 27.6 Å². The van der Waals surface area contributed by atoms with Gasteiger partial charge in [-0.25, -0.2) is 4.39 Å². The highest BCUT2D eigenvalue weighted by molar-refractivity contribution is 6.08. The fourth-order valence-corrected chi connectivity index (χ4v) is 2.77. The van der Waals surface area contributed by atoms with Crippen molar-refractivity contribution >= 4 is 17.5 Å². The SMILES string of the molecule is O=C(Nc1ccccc1C(=O)NC1CC1)c1ccc(=O)n(-c2ccc(F)cc2)n1. The van der Waals surface area contributed by atoms with Crippen molar-refractivity contribution < 1.29 is 14.0 Å². The quantitative estimate of drug-likeness (QED) is 0.698. The van der Waals surface area contributed by atoms with E-state index in [0.29, 0.717) is 16.9 Å². The smallest absolute Gasteiger partial charge is 0.276 e. The number of hydrogen-bond donors (Lipinski definition) is 2. The molecule has 2 aromatic carbocycles. The van der Waals surface area contributed by atoms with E-state index in [9.17, 15) is 18.8 Å². The van der Waals surface area contributed by atoms with E-state index >= 15 is 0 Å². The van der Waals surface area contributed by atoms with E-state index in [1.165, 1.54) is 36.4 Å². The molecule has 2 amide bonds.